The predicted molar refractivity (Wildman–Crippen MR) is 284 cm³/mol. The molecule has 66 heavy (non-hydrogen) atoms. The van der Waals surface area contributed by atoms with E-state index in [1.807, 2.05) is 0 Å². The first kappa shape index (κ1) is 64.4. The van der Waals surface area contributed by atoms with Gasteiger partial charge in [-0.3, -0.25) is 14.4 Å². The van der Waals surface area contributed by atoms with Gasteiger partial charge in [-0.25, -0.2) is 0 Å². The Morgan fingerprint density at radius 1 is 0.303 bits per heavy atom. The maximum atomic E-state index is 12.8. The lowest BCUT2D eigenvalue weighted by Gasteiger charge is -2.18. The number of carbonyl (C=O) groups excluding carboxylic acids is 3. The Balaban J connectivity index is 4.23. The van der Waals surface area contributed by atoms with Crippen LogP contribution in [0.2, 0.25) is 0 Å². The third-order valence-electron chi connectivity index (χ3n) is 14.4. The first-order valence-electron chi connectivity index (χ1n) is 29.7. The third kappa shape index (κ3) is 50.3. The molecule has 6 heteroatoms. The first-order valence-corrected chi connectivity index (χ1v) is 29.7. The van der Waals surface area contributed by atoms with Crippen LogP contribution in [0.1, 0.15) is 330 Å². The number of unbranched alkanes of at least 4 members (excludes halogenated alkanes) is 34. The zero-order chi connectivity index (χ0) is 48.4. The Morgan fingerprint density at radius 2 is 0.530 bits per heavy atom. The van der Waals surface area contributed by atoms with Crippen molar-refractivity contribution in [3.8, 4) is 0 Å². The molecule has 0 saturated carbocycles. The van der Waals surface area contributed by atoms with Crippen molar-refractivity contribution in [2.75, 3.05) is 13.2 Å². The summed E-state index contributed by atoms with van der Waals surface area (Å²) in [4.78, 5) is 38.1. The fourth-order valence-corrected chi connectivity index (χ4v) is 9.11. The van der Waals surface area contributed by atoms with E-state index in [0.717, 1.165) is 75.5 Å². The monoisotopic (exact) mass is 933 g/mol. The van der Waals surface area contributed by atoms with Crippen LogP contribution in [-0.2, 0) is 28.6 Å². The zero-order valence-corrected chi connectivity index (χ0v) is 45.5. The van der Waals surface area contributed by atoms with Crippen LogP contribution >= 0.6 is 0 Å². The molecule has 0 N–H and O–H groups in total. The van der Waals surface area contributed by atoms with E-state index in [1.54, 1.807) is 0 Å². The lowest BCUT2D eigenvalue weighted by atomic mass is 9.99. The summed E-state index contributed by atoms with van der Waals surface area (Å²) >= 11 is 0. The number of ether oxygens (including phenoxy) is 3. The van der Waals surface area contributed by atoms with Gasteiger partial charge in [0.25, 0.3) is 0 Å². The van der Waals surface area contributed by atoms with Crippen LogP contribution in [0.3, 0.4) is 0 Å². The molecule has 0 amide bonds. The third-order valence-corrected chi connectivity index (χ3v) is 14.4. The van der Waals surface area contributed by atoms with Gasteiger partial charge in [0.1, 0.15) is 13.2 Å². The van der Waals surface area contributed by atoms with Gasteiger partial charge in [-0.1, -0.05) is 292 Å². The minimum atomic E-state index is -0.764. The van der Waals surface area contributed by atoms with Crippen molar-refractivity contribution in [1.82, 2.24) is 0 Å². The van der Waals surface area contributed by atoms with Crippen molar-refractivity contribution in [2.24, 2.45) is 17.8 Å². The van der Waals surface area contributed by atoms with Crippen LogP contribution < -0.4 is 0 Å². The van der Waals surface area contributed by atoms with Gasteiger partial charge in [0, 0.05) is 19.3 Å². The van der Waals surface area contributed by atoms with Gasteiger partial charge in [-0.05, 0) is 37.0 Å². The molecule has 0 heterocycles. The molecule has 0 bridgehead atoms. The summed E-state index contributed by atoms with van der Waals surface area (Å²) in [6, 6.07) is 0. The second-order valence-electron chi connectivity index (χ2n) is 21.6. The molecule has 0 radical (unpaired) electrons. The number of hydrogen-bond acceptors (Lipinski definition) is 6. The van der Waals surface area contributed by atoms with Crippen molar-refractivity contribution in [1.29, 1.82) is 0 Å². The quantitative estimate of drug-likeness (QED) is 0.0343. The SMILES string of the molecule is CCC(C)CCCCCCCCCCCCCCCCCCCCC(=O)OC[C@@H](COC(=O)CCCCCCCCCCCC(C)C)OC(=O)CCCCCCCCCCCCC(C)CC. The smallest absolute Gasteiger partial charge is 0.306 e. The summed E-state index contributed by atoms with van der Waals surface area (Å²) in [5, 5.41) is 0. The highest BCUT2D eigenvalue weighted by atomic mass is 16.6. The maximum Gasteiger partial charge on any atom is 0.306 e. The summed E-state index contributed by atoms with van der Waals surface area (Å²) in [6.07, 6.45) is 53.8. The zero-order valence-electron chi connectivity index (χ0n) is 45.5. The van der Waals surface area contributed by atoms with Gasteiger partial charge in [0.15, 0.2) is 6.10 Å². The Kier molecular flexibility index (Phi) is 50.0. The summed E-state index contributed by atoms with van der Waals surface area (Å²) in [5.74, 6) is 1.74. The van der Waals surface area contributed by atoms with Gasteiger partial charge in [-0.15, -0.1) is 0 Å². The van der Waals surface area contributed by atoms with Crippen LogP contribution in [-0.4, -0.2) is 37.2 Å². The molecule has 0 spiro atoms. The highest BCUT2D eigenvalue weighted by Gasteiger charge is 2.19. The van der Waals surface area contributed by atoms with Gasteiger partial charge >= 0.3 is 17.9 Å². The van der Waals surface area contributed by atoms with Crippen LogP contribution in [0, 0.1) is 17.8 Å². The number of hydrogen-bond donors (Lipinski definition) is 0. The Morgan fingerprint density at radius 3 is 0.788 bits per heavy atom. The van der Waals surface area contributed by atoms with Crippen LogP contribution in [0.5, 0.6) is 0 Å². The minimum absolute atomic E-state index is 0.0638. The molecular weight excluding hydrogens is 817 g/mol. The molecule has 0 aromatic carbocycles. The second kappa shape index (κ2) is 51.3. The van der Waals surface area contributed by atoms with E-state index >= 15 is 0 Å². The standard InChI is InChI=1S/C60H116O6/c1-7-55(5)47-41-35-29-23-17-15-13-11-9-10-12-14-16-18-25-31-37-43-49-58(61)64-52-57(53-65-59(62)50-44-38-32-27-21-22-28-34-40-46-54(3)4)66-60(63)51-45-39-33-26-20-19-24-30-36-42-48-56(6)8-2/h54-57H,7-53H2,1-6H3/t55?,56?,57-/m0/s1. The van der Waals surface area contributed by atoms with Gasteiger partial charge in [0.2, 0.25) is 0 Å². The van der Waals surface area contributed by atoms with Crippen molar-refractivity contribution in [2.45, 2.75) is 337 Å². The van der Waals surface area contributed by atoms with Gasteiger partial charge in [0.05, 0.1) is 0 Å². The van der Waals surface area contributed by atoms with Crippen LogP contribution in [0.4, 0.5) is 0 Å². The molecule has 0 aromatic heterocycles. The molecule has 0 aliphatic rings. The highest BCUT2D eigenvalue weighted by Crippen LogP contribution is 2.19. The van der Waals surface area contributed by atoms with E-state index in [4.69, 9.17) is 14.2 Å². The molecule has 0 aliphatic heterocycles. The van der Waals surface area contributed by atoms with E-state index in [2.05, 4.69) is 41.5 Å². The van der Waals surface area contributed by atoms with E-state index in [9.17, 15) is 14.4 Å². The molecule has 6 nitrogen and oxygen atoms in total. The normalized spacial score (nSPS) is 13.0. The predicted octanol–water partition coefficient (Wildman–Crippen LogP) is 19.5. The Bertz CT molecular complexity index is 1030. The molecule has 0 saturated heterocycles. The molecule has 3 atom stereocenters. The molecule has 2 unspecified atom stereocenters. The second-order valence-corrected chi connectivity index (χ2v) is 21.6. The van der Waals surface area contributed by atoms with Crippen LogP contribution in [0.25, 0.3) is 0 Å². The lowest BCUT2D eigenvalue weighted by Crippen LogP contribution is -2.30. The number of rotatable bonds is 53. The minimum Gasteiger partial charge on any atom is -0.462 e. The largest absolute Gasteiger partial charge is 0.462 e. The molecule has 0 rings (SSSR count). The fourth-order valence-electron chi connectivity index (χ4n) is 9.11. The summed E-state index contributed by atoms with van der Waals surface area (Å²) in [5.41, 5.74) is 0. The fraction of sp³-hybridized carbons (Fsp3) is 0.950. The first-order chi connectivity index (χ1) is 32.2. The van der Waals surface area contributed by atoms with E-state index in [0.29, 0.717) is 19.3 Å². The summed E-state index contributed by atoms with van der Waals surface area (Å²) in [6.45, 7) is 13.8. The van der Waals surface area contributed by atoms with Crippen LogP contribution in [0.15, 0.2) is 0 Å². The molecule has 0 fully saturated rings. The summed E-state index contributed by atoms with van der Waals surface area (Å²) < 4.78 is 16.9. The van der Waals surface area contributed by atoms with Crippen molar-refractivity contribution in [3.63, 3.8) is 0 Å². The molecule has 392 valence electrons. The van der Waals surface area contributed by atoms with Gasteiger partial charge in [-0.2, -0.15) is 0 Å². The molecule has 0 aromatic rings. The van der Waals surface area contributed by atoms with Crippen molar-refractivity contribution < 1.29 is 28.6 Å². The topological polar surface area (TPSA) is 78.9 Å². The molecular formula is C60H116O6. The van der Waals surface area contributed by atoms with Crippen molar-refractivity contribution >= 4 is 17.9 Å². The summed E-state index contributed by atoms with van der Waals surface area (Å²) in [7, 11) is 0. The van der Waals surface area contributed by atoms with E-state index in [1.165, 1.54) is 212 Å². The number of carbonyl (C=O) groups is 3. The Hall–Kier alpha value is -1.59. The highest BCUT2D eigenvalue weighted by molar-refractivity contribution is 5.71. The average Bonchev–Trinajstić information content (AvgIpc) is 3.30. The average molecular weight is 934 g/mol. The lowest BCUT2D eigenvalue weighted by molar-refractivity contribution is -0.167. The number of esters is 3. The van der Waals surface area contributed by atoms with E-state index in [-0.39, 0.29) is 31.1 Å². The Labute approximate surface area is 412 Å². The van der Waals surface area contributed by atoms with Gasteiger partial charge < -0.3 is 14.2 Å². The van der Waals surface area contributed by atoms with E-state index < -0.39 is 6.10 Å². The van der Waals surface area contributed by atoms with Crippen molar-refractivity contribution in [3.05, 3.63) is 0 Å². The maximum absolute atomic E-state index is 12.8. The molecule has 0 aliphatic carbocycles.